The van der Waals surface area contributed by atoms with E-state index < -0.39 is 0 Å². The molecule has 3 heteroatoms. The first-order valence-corrected chi connectivity index (χ1v) is 5.93. The molecule has 1 saturated heterocycles. The second-order valence-electron chi connectivity index (χ2n) is 4.22. The Morgan fingerprint density at radius 2 is 1.94 bits per heavy atom. The summed E-state index contributed by atoms with van der Waals surface area (Å²) in [5, 5.41) is 0. The number of rotatable bonds is 3. The van der Waals surface area contributed by atoms with Crippen LogP contribution in [0.1, 0.15) is 23.9 Å². The summed E-state index contributed by atoms with van der Waals surface area (Å²) < 4.78 is 0. The molecular weight excluding hydrogens is 210 g/mol. The molecule has 3 rings (SSSR count). The predicted molar refractivity (Wildman–Crippen MR) is 65.3 cm³/mol. The third kappa shape index (κ3) is 2.06. The van der Waals surface area contributed by atoms with E-state index in [2.05, 4.69) is 27.0 Å². The summed E-state index contributed by atoms with van der Waals surface area (Å²) in [6.45, 7) is 2.23. The molecule has 0 bridgehead atoms. The van der Waals surface area contributed by atoms with Crippen molar-refractivity contribution in [2.75, 3.05) is 13.1 Å². The molecule has 1 aliphatic heterocycles. The van der Waals surface area contributed by atoms with Crippen molar-refractivity contribution in [3.05, 3.63) is 60.2 Å². The highest BCUT2D eigenvalue weighted by molar-refractivity contribution is 5.24. The first kappa shape index (κ1) is 10.4. The lowest BCUT2D eigenvalue weighted by Gasteiger charge is -2.37. The van der Waals surface area contributed by atoms with E-state index in [1.165, 1.54) is 6.42 Å². The fraction of sp³-hybridized carbons (Fsp3) is 0.286. The van der Waals surface area contributed by atoms with Crippen molar-refractivity contribution < 1.29 is 0 Å². The van der Waals surface area contributed by atoms with Crippen LogP contribution in [0.5, 0.6) is 0 Å². The highest BCUT2D eigenvalue weighted by Gasteiger charge is 2.28. The van der Waals surface area contributed by atoms with Crippen LogP contribution >= 0.6 is 0 Å². The van der Waals surface area contributed by atoms with E-state index in [0.29, 0.717) is 0 Å². The maximum absolute atomic E-state index is 4.39. The first-order chi connectivity index (χ1) is 8.45. The van der Waals surface area contributed by atoms with Crippen LogP contribution in [0, 0.1) is 6.07 Å². The molecule has 1 aliphatic rings. The SMILES string of the molecule is [c]1ccccc1C(c1ncccn1)N1CCC1. The summed E-state index contributed by atoms with van der Waals surface area (Å²) in [6, 6.07) is 13.4. The Morgan fingerprint density at radius 1 is 1.12 bits per heavy atom. The maximum atomic E-state index is 4.39. The van der Waals surface area contributed by atoms with Crippen LogP contribution in [0.3, 0.4) is 0 Å². The van der Waals surface area contributed by atoms with Crippen LogP contribution in [0.25, 0.3) is 0 Å². The van der Waals surface area contributed by atoms with Gasteiger partial charge in [-0.1, -0.05) is 24.3 Å². The van der Waals surface area contributed by atoms with E-state index in [-0.39, 0.29) is 6.04 Å². The summed E-state index contributed by atoms with van der Waals surface area (Å²) in [6.07, 6.45) is 4.87. The van der Waals surface area contributed by atoms with Gasteiger partial charge in [0.15, 0.2) is 0 Å². The van der Waals surface area contributed by atoms with Crippen LogP contribution < -0.4 is 0 Å². The zero-order chi connectivity index (χ0) is 11.5. The summed E-state index contributed by atoms with van der Waals surface area (Å²) >= 11 is 0. The summed E-state index contributed by atoms with van der Waals surface area (Å²) in [4.78, 5) is 11.2. The molecular formula is C14H14N3. The Balaban J connectivity index is 1.98. The number of benzene rings is 1. The molecule has 2 aromatic rings. The smallest absolute Gasteiger partial charge is 0.149 e. The molecule has 1 atom stereocenters. The predicted octanol–water partition coefficient (Wildman–Crippen LogP) is 2.07. The van der Waals surface area contributed by atoms with Crippen LogP contribution in [-0.4, -0.2) is 28.0 Å². The van der Waals surface area contributed by atoms with Crippen molar-refractivity contribution in [2.24, 2.45) is 0 Å². The van der Waals surface area contributed by atoms with Crippen molar-refractivity contribution in [3.63, 3.8) is 0 Å². The van der Waals surface area contributed by atoms with Gasteiger partial charge in [-0.25, -0.2) is 9.97 Å². The molecule has 0 saturated carbocycles. The Morgan fingerprint density at radius 3 is 2.53 bits per heavy atom. The lowest BCUT2D eigenvalue weighted by atomic mass is 10.0. The van der Waals surface area contributed by atoms with Gasteiger partial charge >= 0.3 is 0 Å². The summed E-state index contributed by atoms with van der Waals surface area (Å²) in [5.41, 5.74) is 1.15. The van der Waals surface area contributed by atoms with Gasteiger partial charge in [-0.2, -0.15) is 0 Å². The Labute approximate surface area is 101 Å². The van der Waals surface area contributed by atoms with E-state index in [0.717, 1.165) is 24.5 Å². The minimum atomic E-state index is 0.158. The van der Waals surface area contributed by atoms with Gasteiger partial charge in [-0.15, -0.1) is 0 Å². The second kappa shape index (κ2) is 4.63. The molecule has 1 aromatic heterocycles. The summed E-state index contributed by atoms with van der Waals surface area (Å²) in [5.74, 6) is 0.870. The fourth-order valence-corrected chi connectivity index (χ4v) is 2.13. The van der Waals surface area contributed by atoms with Crippen LogP contribution in [0.15, 0.2) is 42.7 Å². The molecule has 85 valence electrons. The molecule has 0 N–H and O–H groups in total. The second-order valence-corrected chi connectivity index (χ2v) is 4.22. The number of hydrogen-bond donors (Lipinski definition) is 0. The minimum absolute atomic E-state index is 0.158. The molecule has 2 heterocycles. The van der Waals surface area contributed by atoms with E-state index in [1.807, 2.05) is 24.3 Å². The minimum Gasteiger partial charge on any atom is -0.290 e. The zero-order valence-corrected chi connectivity index (χ0v) is 9.58. The van der Waals surface area contributed by atoms with Gasteiger partial charge in [0.25, 0.3) is 0 Å². The van der Waals surface area contributed by atoms with Crippen molar-refractivity contribution in [2.45, 2.75) is 12.5 Å². The quantitative estimate of drug-likeness (QED) is 0.799. The normalized spacial score (nSPS) is 17.4. The Bertz CT molecular complexity index is 426. The molecule has 17 heavy (non-hydrogen) atoms. The fourth-order valence-electron chi connectivity index (χ4n) is 2.13. The van der Waals surface area contributed by atoms with Crippen LogP contribution in [0.4, 0.5) is 0 Å². The Kier molecular flexibility index (Phi) is 2.84. The third-order valence-electron chi connectivity index (χ3n) is 3.11. The molecule has 1 radical (unpaired) electrons. The average molecular weight is 224 g/mol. The van der Waals surface area contributed by atoms with E-state index in [4.69, 9.17) is 0 Å². The topological polar surface area (TPSA) is 29.0 Å². The largest absolute Gasteiger partial charge is 0.290 e. The Hall–Kier alpha value is -1.74. The van der Waals surface area contributed by atoms with E-state index in [1.54, 1.807) is 12.4 Å². The van der Waals surface area contributed by atoms with Gasteiger partial charge in [0.2, 0.25) is 0 Å². The maximum Gasteiger partial charge on any atom is 0.149 e. The van der Waals surface area contributed by atoms with Gasteiger partial charge in [0.1, 0.15) is 5.82 Å². The first-order valence-electron chi connectivity index (χ1n) is 5.93. The number of nitrogens with zero attached hydrogens (tertiary/aromatic N) is 3. The average Bonchev–Trinajstić information content (AvgIpc) is 2.36. The molecule has 1 fully saturated rings. The molecule has 0 spiro atoms. The van der Waals surface area contributed by atoms with E-state index in [9.17, 15) is 0 Å². The zero-order valence-electron chi connectivity index (χ0n) is 9.58. The van der Waals surface area contributed by atoms with Gasteiger partial charge in [-0.05, 0) is 24.1 Å². The van der Waals surface area contributed by atoms with Gasteiger partial charge in [0, 0.05) is 25.5 Å². The van der Waals surface area contributed by atoms with Crippen LogP contribution in [-0.2, 0) is 0 Å². The molecule has 0 aliphatic carbocycles. The lowest BCUT2D eigenvalue weighted by Crippen LogP contribution is -2.41. The highest BCUT2D eigenvalue weighted by Crippen LogP contribution is 2.29. The van der Waals surface area contributed by atoms with Gasteiger partial charge in [0.05, 0.1) is 6.04 Å². The highest BCUT2D eigenvalue weighted by atomic mass is 15.2. The van der Waals surface area contributed by atoms with Gasteiger partial charge < -0.3 is 0 Å². The number of aromatic nitrogens is 2. The third-order valence-corrected chi connectivity index (χ3v) is 3.11. The van der Waals surface area contributed by atoms with Crippen molar-refractivity contribution >= 4 is 0 Å². The summed E-state index contributed by atoms with van der Waals surface area (Å²) in [7, 11) is 0. The molecule has 0 amide bonds. The standard InChI is InChI=1S/C14H14N3/c1-2-6-12(7-3-1)13(17-10-5-11-17)14-15-8-4-9-16-14/h1-4,6,8-9,13H,5,10-11H2. The molecule has 3 nitrogen and oxygen atoms in total. The monoisotopic (exact) mass is 224 g/mol. The lowest BCUT2D eigenvalue weighted by molar-refractivity contribution is 0.135. The van der Waals surface area contributed by atoms with Crippen molar-refractivity contribution in [1.29, 1.82) is 0 Å². The van der Waals surface area contributed by atoms with Crippen molar-refractivity contribution in [3.8, 4) is 0 Å². The molecule has 1 unspecified atom stereocenters. The van der Waals surface area contributed by atoms with Crippen molar-refractivity contribution in [1.82, 2.24) is 14.9 Å². The van der Waals surface area contributed by atoms with Crippen LogP contribution in [0.2, 0.25) is 0 Å². The van der Waals surface area contributed by atoms with E-state index >= 15 is 0 Å². The number of likely N-dealkylation sites (tertiary alicyclic amines) is 1. The molecule has 1 aromatic carbocycles. The van der Waals surface area contributed by atoms with Gasteiger partial charge in [-0.3, -0.25) is 4.90 Å². The number of hydrogen-bond acceptors (Lipinski definition) is 3.